The molecule has 0 unspecified atom stereocenters. The molecule has 0 bridgehead atoms. The van der Waals surface area contributed by atoms with E-state index < -0.39 is 24.4 Å². The zero-order valence-corrected chi connectivity index (χ0v) is 16.0. The molecule has 1 fully saturated rings. The zero-order valence-electron chi connectivity index (χ0n) is 15.3. The average molecular weight is 406 g/mol. The van der Waals surface area contributed by atoms with Gasteiger partial charge in [-0.2, -0.15) is 0 Å². The third-order valence-corrected chi connectivity index (χ3v) is 4.86. The number of amides is 1. The lowest BCUT2D eigenvalue weighted by atomic mass is 10.1. The van der Waals surface area contributed by atoms with Crippen molar-refractivity contribution in [3.05, 3.63) is 64.9 Å². The molecule has 1 aromatic carbocycles. The zero-order chi connectivity index (χ0) is 19.9. The molecule has 1 amide bonds. The van der Waals surface area contributed by atoms with Crippen LogP contribution in [-0.4, -0.2) is 52.1 Å². The summed E-state index contributed by atoms with van der Waals surface area (Å²) < 4.78 is 5.71. The maximum absolute atomic E-state index is 12.1. The number of hydrogen-bond acceptors (Lipinski definition) is 6. The minimum Gasteiger partial charge on any atom is -0.388 e. The van der Waals surface area contributed by atoms with E-state index in [0.717, 1.165) is 11.1 Å². The van der Waals surface area contributed by atoms with Crippen molar-refractivity contribution < 1.29 is 19.7 Å². The van der Waals surface area contributed by atoms with Crippen molar-refractivity contribution in [2.75, 3.05) is 6.54 Å². The summed E-state index contributed by atoms with van der Waals surface area (Å²) in [6, 6.07) is 11.1. The summed E-state index contributed by atoms with van der Waals surface area (Å²) >= 11 is 5.96. The predicted molar refractivity (Wildman–Crippen MR) is 105 cm³/mol. The van der Waals surface area contributed by atoms with Crippen molar-refractivity contribution in [1.29, 1.82) is 0 Å². The summed E-state index contributed by atoms with van der Waals surface area (Å²) in [5.41, 5.74) is 1.89. The van der Waals surface area contributed by atoms with Crippen LogP contribution in [0.5, 0.6) is 0 Å². The SMILES string of the molecule is O=C(C[C@@H]1O[C@@H](CNCc2cccc(Cl)c2)[C@@H](O)[C@H]1O)NCc1cccnc1. The standard InChI is InChI=1S/C20H24ClN3O4/c21-15-5-1-3-13(7-15)9-23-12-17-20(27)19(26)16(28-17)8-18(25)24-11-14-4-2-6-22-10-14/h1-7,10,16-17,19-20,23,26-27H,8-9,11-12H2,(H,24,25)/t16-,17-,19-,20+/m0/s1. The maximum Gasteiger partial charge on any atom is 0.222 e. The van der Waals surface area contributed by atoms with Crippen LogP contribution in [0.15, 0.2) is 48.8 Å². The third-order valence-electron chi connectivity index (χ3n) is 4.62. The number of aliphatic hydroxyl groups is 2. The number of aromatic nitrogens is 1. The van der Waals surface area contributed by atoms with Crippen molar-refractivity contribution in [3.8, 4) is 0 Å². The summed E-state index contributed by atoms with van der Waals surface area (Å²) in [5.74, 6) is -0.257. The van der Waals surface area contributed by atoms with Gasteiger partial charge in [-0.25, -0.2) is 0 Å². The molecule has 1 aromatic heterocycles. The van der Waals surface area contributed by atoms with Crippen LogP contribution in [-0.2, 0) is 22.6 Å². The number of rotatable bonds is 8. The third kappa shape index (κ3) is 5.73. The van der Waals surface area contributed by atoms with Crippen LogP contribution in [0.3, 0.4) is 0 Å². The summed E-state index contributed by atoms with van der Waals surface area (Å²) in [5, 5.41) is 27.0. The van der Waals surface area contributed by atoms with Gasteiger partial charge in [0.15, 0.2) is 0 Å². The van der Waals surface area contributed by atoms with Crippen LogP contribution in [0.1, 0.15) is 17.5 Å². The molecule has 8 heteroatoms. The van der Waals surface area contributed by atoms with Crippen molar-refractivity contribution >= 4 is 17.5 Å². The molecule has 1 aliphatic rings. The molecule has 0 spiro atoms. The van der Waals surface area contributed by atoms with Gasteiger partial charge in [0, 0.05) is 37.1 Å². The highest BCUT2D eigenvalue weighted by Gasteiger charge is 2.42. The topological polar surface area (TPSA) is 104 Å². The molecule has 150 valence electrons. The highest BCUT2D eigenvalue weighted by molar-refractivity contribution is 6.30. The minimum atomic E-state index is -1.11. The maximum atomic E-state index is 12.1. The van der Waals surface area contributed by atoms with E-state index in [4.69, 9.17) is 16.3 Å². The first-order valence-corrected chi connectivity index (χ1v) is 9.53. The molecule has 2 heterocycles. The predicted octanol–water partition coefficient (Wildman–Crippen LogP) is 1.02. The Morgan fingerprint density at radius 1 is 1.11 bits per heavy atom. The van der Waals surface area contributed by atoms with E-state index in [1.54, 1.807) is 24.5 Å². The molecule has 4 atom stereocenters. The molecule has 0 radical (unpaired) electrons. The highest BCUT2D eigenvalue weighted by Crippen LogP contribution is 2.23. The molecule has 28 heavy (non-hydrogen) atoms. The van der Waals surface area contributed by atoms with E-state index in [1.165, 1.54) is 0 Å². The molecule has 4 N–H and O–H groups in total. The Kier molecular flexibility index (Phi) is 7.36. The number of hydrogen-bond donors (Lipinski definition) is 4. The van der Waals surface area contributed by atoms with Crippen LogP contribution in [0, 0.1) is 0 Å². The molecule has 1 saturated heterocycles. The Morgan fingerprint density at radius 2 is 1.89 bits per heavy atom. The summed E-state index contributed by atoms with van der Waals surface area (Å²) in [6.45, 7) is 1.25. The Labute approximate surface area is 168 Å². The minimum absolute atomic E-state index is 0.0245. The first kappa shape index (κ1) is 20.7. The monoisotopic (exact) mass is 405 g/mol. The van der Waals surface area contributed by atoms with Gasteiger partial charge in [-0.3, -0.25) is 9.78 Å². The fourth-order valence-electron chi connectivity index (χ4n) is 3.13. The van der Waals surface area contributed by atoms with Gasteiger partial charge in [0.2, 0.25) is 5.91 Å². The Morgan fingerprint density at radius 3 is 2.64 bits per heavy atom. The van der Waals surface area contributed by atoms with E-state index in [1.807, 2.05) is 24.3 Å². The molecular formula is C20H24ClN3O4. The van der Waals surface area contributed by atoms with Crippen molar-refractivity contribution in [2.45, 2.75) is 43.9 Å². The molecule has 0 aliphatic carbocycles. The molecular weight excluding hydrogens is 382 g/mol. The molecule has 1 aliphatic heterocycles. The lowest BCUT2D eigenvalue weighted by Gasteiger charge is -2.15. The fourth-order valence-corrected chi connectivity index (χ4v) is 3.34. The van der Waals surface area contributed by atoms with Gasteiger partial charge < -0.3 is 25.6 Å². The van der Waals surface area contributed by atoms with E-state index >= 15 is 0 Å². The lowest BCUT2D eigenvalue weighted by molar-refractivity contribution is -0.125. The van der Waals surface area contributed by atoms with Crippen LogP contribution in [0.2, 0.25) is 5.02 Å². The average Bonchev–Trinajstić information content (AvgIpc) is 2.95. The molecule has 3 rings (SSSR count). The summed E-state index contributed by atoms with van der Waals surface area (Å²) in [4.78, 5) is 16.1. The van der Waals surface area contributed by atoms with E-state index in [-0.39, 0.29) is 12.3 Å². The highest BCUT2D eigenvalue weighted by atomic mass is 35.5. The Bertz CT molecular complexity index is 777. The largest absolute Gasteiger partial charge is 0.388 e. The van der Waals surface area contributed by atoms with E-state index in [0.29, 0.717) is 24.7 Å². The molecule has 2 aromatic rings. The quantitative estimate of drug-likeness (QED) is 0.523. The van der Waals surface area contributed by atoms with Crippen LogP contribution in [0.25, 0.3) is 0 Å². The smallest absolute Gasteiger partial charge is 0.222 e. The van der Waals surface area contributed by atoms with E-state index in [2.05, 4.69) is 15.6 Å². The number of pyridine rings is 1. The summed E-state index contributed by atoms with van der Waals surface area (Å²) in [6.07, 6.45) is -0.191. The number of nitrogens with zero attached hydrogens (tertiary/aromatic N) is 1. The van der Waals surface area contributed by atoms with Crippen LogP contribution < -0.4 is 10.6 Å². The fraction of sp³-hybridized carbons (Fsp3) is 0.400. The van der Waals surface area contributed by atoms with Gasteiger partial charge in [-0.1, -0.05) is 29.8 Å². The van der Waals surface area contributed by atoms with Gasteiger partial charge in [-0.05, 0) is 29.3 Å². The molecule has 0 saturated carbocycles. The normalized spacial score (nSPS) is 24.2. The van der Waals surface area contributed by atoms with Gasteiger partial charge in [0.25, 0.3) is 0 Å². The number of benzene rings is 1. The van der Waals surface area contributed by atoms with Crippen LogP contribution in [0.4, 0.5) is 0 Å². The molecule has 7 nitrogen and oxygen atoms in total. The Balaban J connectivity index is 1.43. The second-order valence-corrected chi connectivity index (χ2v) is 7.23. The lowest BCUT2D eigenvalue weighted by Crippen LogP contribution is -2.38. The second kappa shape index (κ2) is 9.95. The number of carbonyl (C=O) groups excluding carboxylic acids is 1. The first-order valence-electron chi connectivity index (χ1n) is 9.15. The second-order valence-electron chi connectivity index (χ2n) is 6.80. The van der Waals surface area contributed by atoms with Crippen LogP contribution >= 0.6 is 11.6 Å². The first-order chi connectivity index (χ1) is 13.5. The van der Waals surface area contributed by atoms with Gasteiger partial charge in [0.1, 0.15) is 12.2 Å². The van der Waals surface area contributed by atoms with Gasteiger partial charge >= 0.3 is 0 Å². The van der Waals surface area contributed by atoms with Gasteiger partial charge in [-0.15, -0.1) is 0 Å². The number of aliphatic hydroxyl groups excluding tert-OH is 2. The van der Waals surface area contributed by atoms with Crippen molar-refractivity contribution in [3.63, 3.8) is 0 Å². The number of carbonyl (C=O) groups is 1. The van der Waals surface area contributed by atoms with E-state index in [9.17, 15) is 15.0 Å². The van der Waals surface area contributed by atoms with Crippen molar-refractivity contribution in [1.82, 2.24) is 15.6 Å². The van der Waals surface area contributed by atoms with Gasteiger partial charge in [0.05, 0.1) is 18.6 Å². The number of ether oxygens (including phenoxy) is 1. The Hall–Kier alpha value is -2.03. The van der Waals surface area contributed by atoms with Crippen molar-refractivity contribution in [2.24, 2.45) is 0 Å². The number of nitrogens with one attached hydrogen (secondary N) is 2. The number of halogens is 1. The summed E-state index contributed by atoms with van der Waals surface area (Å²) in [7, 11) is 0.